The van der Waals surface area contributed by atoms with Crippen molar-refractivity contribution in [1.82, 2.24) is 0 Å². The summed E-state index contributed by atoms with van der Waals surface area (Å²) in [4.78, 5) is 0. The van der Waals surface area contributed by atoms with Crippen molar-refractivity contribution in [2.24, 2.45) is 0 Å². The standard InChI is InChI=1S/C12H16ClFO/c1-2-8-15-12-6-5-11(14)9-10(12)4-3-7-13/h5-6,9H,2-4,7-8H2,1H3. The Kier molecular flexibility index (Phi) is 5.48. The Morgan fingerprint density at radius 2 is 2.20 bits per heavy atom. The topological polar surface area (TPSA) is 9.23 Å². The van der Waals surface area contributed by atoms with Crippen molar-refractivity contribution in [3.8, 4) is 5.75 Å². The van der Waals surface area contributed by atoms with Crippen LogP contribution in [0.2, 0.25) is 0 Å². The second-order valence-corrected chi connectivity index (χ2v) is 3.77. The fourth-order valence-corrected chi connectivity index (χ4v) is 1.49. The quantitative estimate of drug-likeness (QED) is 0.676. The second kappa shape index (κ2) is 6.67. The van der Waals surface area contributed by atoms with Gasteiger partial charge < -0.3 is 4.74 Å². The van der Waals surface area contributed by atoms with Crippen LogP contribution in [0.4, 0.5) is 4.39 Å². The monoisotopic (exact) mass is 230 g/mol. The lowest BCUT2D eigenvalue weighted by Crippen LogP contribution is -2.00. The molecule has 0 heterocycles. The molecule has 0 saturated carbocycles. The first kappa shape index (κ1) is 12.3. The summed E-state index contributed by atoms with van der Waals surface area (Å²) in [5, 5.41) is 0. The van der Waals surface area contributed by atoms with Crippen molar-refractivity contribution in [2.45, 2.75) is 26.2 Å². The molecule has 0 saturated heterocycles. The van der Waals surface area contributed by atoms with E-state index in [9.17, 15) is 4.39 Å². The summed E-state index contributed by atoms with van der Waals surface area (Å²) in [6.07, 6.45) is 2.56. The van der Waals surface area contributed by atoms with E-state index in [1.54, 1.807) is 6.07 Å². The molecule has 0 aliphatic heterocycles. The molecule has 1 rings (SSSR count). The first-order valence-corrected chi connectivity index (χ1v) is 5.78. The van der Waals surface area contributed by atoms with E-state index in [1.807, 2.05) is 6.92 Å². The number of hydrogen-bond acceptors (Lipinski definition) is 1. The normalized spacial score (nSPS) is 10.3. The zero-order valence-electron chi connectivity index (χ0n) is 8.93. The van der Waals surface area contributed by atoms with E-state index in [0.717, 1.165) is 30.6 Å². The second-order valence-electron chi connectivity index (χ2n) is 3.39. The molecule has 0 aromatic heterocycles. The van der Waals surface area contributed by atoms with Gasteiger partial charge in [-0.25, -0.2) is 4.39 Å². The lowest BCUT2D eigenvalue weighted by atomic mass is 10.1. The van der Waals surface area contributed by atoms with Gasteiger partial charge >= 0.3 is 0 Å². The van der Waals surface area contributed by atoms with Crippen molar-refractivity contribution in [3.05, 3.63) is 29.6 Å². The molecule has 0 spiro atoms. The molecule has 0 bridgehead atoms. The molecule has 3 heteroatoms. The van der Waals surface area contributed by atoms with Crippen LogP contribution < -0.4 is 4.74 Å². The molecule has 0 unspecified atom stereocenters. The van der Waals surface area contributed by atoms with Crippen molar-refractivity contribution < 1.29 is 9.13 Å². The Labute approximate surface area is 95.2 Å². The molecule has 0 radical (unpaired) electrons. The number of hydrogen-bond donors (Lipinski definition) is 0. The first-order chi connectivity index (χ1) is 7.27. The highest BCUT2D eigenvalue weighted by Gasteiger charge is 2.04. The Bertz CT molecular complexity index is 302. The first-order valence-electron chi connectivity index (χ1n) is 5.25. The summed E-state index contributed by atoms with van der Waals surface area (Å²) in [7, 11) is 0. The minimum absolute atomic E-state index is 0.219. The molecule has 0 atom stereocenters. The van der Waals surface area contributed by atoms with Gasteiger partial charge in [-0.1, -0.05) is 6.92 Å². The van der Waals surface area contributed by atoms with Crippen LogP contribution in [0.15, 0.2) is 18.2 Å². The highest BCUT2D eigenvalue weighted by molar-refractivity contribution is 6.17. The molecule has 0 N–H and O–H groups in total. The average molecular weight is 231 g/mol. The van der Waals surface area contributed by atoms with Gasteiger partial charge in [0, 0.05) is 5.88 Å². The molecule has 1 aromatic rings. The van der Waals surface area contributed by atoms with E-state index in [0.29, 0.717) is 12.5 Å². The lowest BCUT2D eigenvalue weighted by molar-refractivity contribution is 0.313. The van der Waals surface area contributed by atoms with Crippen LogP contribution in [0.5, 0.6) is 5.75 Å². The van der Waals surface area contributed by atoms with E-state index in [-0.39, 0.29) is 5.82 Å². The van der Waals surface area contributed by atoms with Crippen LogP contribution in [0, 0.1) is 5.82 Å². The number of halogens is 2. The smallest absolute Gasteiger partial charge is 0.123 e. The van der Waals surface area contributed by atoms with Crippen LogP contribution >= 0.6 is 11.6 Å². The van der Waals surface area contributed by atoms with E-state index in [4.69, 9.17) is 16.3 Å². The molecular weight excluding hydrogens is 215 g/mol. The zero-order valence-corrected chi connectivity index (χ0v) is 9.69. The van der Waals surface area contributed by atoms with Gasteiger partial charge in [-0.15, -0.1) is 11.6 Å². The van der Waals surface area contributed by atoms with Gasteiger partial charge in [0.1, 0.15) is 11.6 Å². The lowest BCUT2D eigenvalue weighted by Gasteiger charge is -2.10. The van der Waals surface area contributed by atoms with Gasteiger partial charge in [-0.3, -0.25) is 0 Å². The molecule has 0 aliphatic carbocycles. The Balaban J connectivity index is 2.73. The fourth-order valence-electron chi connectivity index (χ4n) is 1.35. The largest absolute Gasteiger partial charge is 0.493 e. The zero-order chi connectivity index (χ0) is 11.1. The van der Waals surface area contributed by atoms with E-state index in [2.05, 4.69) is 0 Å². The predicted molar refractivity (Wildman–Crippen MR) is 61.2 cm³/mol. The van der Waals surface area contributed by atoms with Crippen LogP contribution in [0.1, 0.15) is 25.3 Å². The number of benzene rings is 1. The van der Waals surface area contributed by atoms with Crippen molar-refractivity contribution in [1.29, 1.82) is 0 Å². The third-order valence-electron chi connectivity index (χ3n) is 2.06. The summed E-state index contributed by atoms with van der Waals surface area (Å²) in [5.41, 5.74) is 0.907. The Morgan fingerprint density at radius 3 is 2.87 bits per heavy atom. The van der Waals surface area contributed by atoms with Crippen molar-refractivity contribution in [2.75, 3.05) is 12.5 Å². The summed E-state index contributed by atoms with van der Waals surface area (Å²) >= 11 is 5.61. The van der Waals surface area contributed by atoms with Crippen LogP contribution in [0.3, 0.4) is 0 Å². The Hall–Kier alpha value is -0.760. The van der Waals surface area contributed by atoms with Gasteiger partial charge in [-0.05, 0) is 43.0 Å². The SMILES string of the molecule is CCCOc1ccc(F)cc1CCCCl. The van der Waals surface area contributed by atoms with Gasteiger partial charge in [-0.2, -0.15) is 0 Å². The predicted octanol–water partition coefficient (Wildman–Crippen LogP) is 3.79. The van der Waals surface area contributed by atoms with E-state index in [1.165, 1.54) is 12.1 Å². The minimum Gasteiger partial charge on any atom is -0.493 e. The van der Waals surface area contributed by atoms with Crippen LogP contribution in [-0.2, 0) is 6.42 Å². The minimum atomic E-state index is -0.219. The summed E-state index contributed by atoms with van der Waals surface area (Å²) < 4.78 is 18.5. The van der Waals surface area contributed by atoms with E-state index < -0.39 is 0 Å². The summed E-state index contributed by atoms with van der Waals surface area (Å²) in [6, 6.07) is 4.64. The average Bonchev–Trinajstić information content (AvgIpc) is 2.25. The maximum absolute atomic E-state index is 13.0. The number of rotatable bonds is 6. The number of ether oxygens (including phenoxy) is 1. The van der Waals surface area contributed by atoms with E-state index >= 15 is 0 Å². The highest BCUT2D eigenvalue weighted by atomic mass is 35.5. The maximum Gasteiger partial charge on any atom is 0.123 e. The molecular formula is C12H16ClFO. The van der Waals surface area contributed by atoms with Crippen molar-refractivity contribution >= 4 is 11.6 Å². The number of alkyl halides is 1. The van der Waals surface area contributed by atoms with Gasteiger partial charge in [0.05, 0.1) is 6.61 Å². The Morgan fingerprint density at radius 1 is 1.40 bits per heavy atom. The highest BCUT2D eigenvalue weighted by Crippen LogP contribution is 2.21. The summed E-state index contributed by atoms with van der Waals surface area (Å²) in [5.74, 6) is 1.15. The van der Waals surface area contributed by atoms with Crippen LogP contribution in [0.25, 0.3) is 0 Å². The van der Waals surface area contributed by atoms with Gasteiger partial charge in [0.15, 0.2) is 0 Å². The van der Waals surface area contributed by atoms with Crippen molar-refractivity contribution in [3.63, 3.8) is 0 Å². The molecule has 0 fully saturated rings. The van der Waals surface area contributed by atoms with Gasteiger partial charge in [0.2, 0.25) is 0 Å². The van der Waals surface area contributed by atoms with Gasteiger partial charge in [0.25, 0.3) is 0 Å². The number of aryl methyl sites for hydroxylation is 1. The third kappa shape index (κ3) is 4.08. The molecule has 0 amide bonds. The molecule has 15 heavy (non-hydrogen) atoms. The van der Waals surface area contributed by atoms with Crippen LogP contribution in [-0.4, -0.2) is 12.5 Å². The molecule has 1 aromatic carbocycles. The fraction of sp³-hybridized carbons (Fsp3) is 0.500. The molecule has 84 valence electrons. The molecule has 1 nitrogen and oxygen atoms in total. The maximum atomic E-state index is 13.0. The summed E-state index contributed by atoms with van der Waals surface area (Å²) in [6.45, 7) is 2.71. The molecule has 0 aliphatic rings. The third-order valence-corrected chi connectivity index (χ3v) is 2.33.